The fourth-order valence-corrected chi connectivity index (χ4v) is 3.51. The van der Waals surface area contributed by atoms with Gasteiger partial charge in [-0.1, -0.05) is 11.6 Å². The number of halogens is 2. The number of hydrogen-bond acceptors (Lipinski definition) is 3. The van der Waals surface area contributed by atoms with Gasteiger partial charge in [0.1, 0.15) is 0 Å². The van der Waals surface area contributed by atoms with Crippen molar-refractivity contribution >= 4 is 52.4 Å². The van der Waals surface area contributed by atoms with E-state index in [1.165, 1.54) is 10.9 Å². The summed E-state index contributed by atoms with van der Waals surface area (Å²) in [5, 5.41) is 8.65. The lowest BCUT2D eigenvalue weighted by atomic mass is 10.1. The first kappa shape index (κ1) is 24.2. The van der Waals surface area contributed by atoms with Crippen LogP contribution in [0.3, 0.4) is 0 Å². The third kappa shape index (κ3) is 7.96. The molecule has 1 unspecified atom stereocenters. The Bertz CT molecular complexity index is 762. The number of benzene rings is 1. The summed E-state index contributed by atoms with van der Waals surface area (Å²) in [6, 6.07) is 5.94. The number of nitrogens with zero attached hydrogens (tertiary/aromatic N) is 1. The molecule has 1 saturated heterocycles. The van der Waals surface area contributed by atoms with E-state index in [2.05, 4.69) is 33.7 Å². The molecule has 1 aliphatic rings. The second-order valence-electron chi connectivity index (χ2n) is 7.10. The van der Waals surface area contributed by atoms with Gasteiger partial charge in [-0.2, -0.15) is 0 Å². The highest BCUT2D eigenvalue weighted by atomic mass is 127. The minimum Gasteiger partial charge on any atom is -0.381 e. The van der Waals surface area contributed by atoms with Gasteiger partial charge in [0.25, 0.3) is 0 Å². The quantitative estimate of drug-likeness (QED) is 0.187. The van der Waals surface area contributed by atoms with Gasteiger partial charge < -0.3 is 25.1 Å². The summed E-state index contributed by atoms with van der Waals surface area (Å²) in [6.07, 6.45) is 5.00. The Morgan fingerprint density at radius 2 is 2.28 bits per heavy atom. The normalized spacial score (nSPS) is 16.8. The number of aromatic nitrogens is 1. The van der Waals surface area contributed by atoms with E-state index < -0.39 is 0 Å². The van der Waals surface area contributed by atoms with Crippen molar-refractivity contribution in [2.24, 2.45) is 10.9 Å². The third-order valence-electron chi connectivity index (χ3n) is 4.85. The van der Waals surface area contributed by atoms with Gasteiger partial charge in [0.15, 0.2) is 5.96 Å². The van der Waals surface area contributed by atoms with E-state index in [0.29, 0.717) is 5.92 Å². The van der Waals surface area contributed by atoms with E-state index in [0.717, 1.165) is 81.8 Å². The number of guanidine groups is 1. The molecule has 0 aliphatic carbocycles. The van der Waals surface area contributed by atoms with Crippen LogP contribution in [0, 0.1) is 5.92 Å². The highest BCUT2D eigenvalue weighted by Gasteiger charge is 2.15. The Labute approximate surface area is 195 Å². The molecule has 1 aromatic heterocycles. The molecule has 1 atom stereocenters. The SMILES string of the molecule is CCNC(=NCCCOCC1CCOC1)NCCc1c[nH]c2ccc(Cl)cc12.I. The third-order valence-corrected chi connectivity index (χ3v) is 5.09. The number of H-pyrrole nitrogens is 1. The Morgan fingerprint density at radius 3 is 3.07 bits per heavy atom. The largest absolute Gasteiger partial charge is 0.381 e. The molecule has 1 fully saturated rings. The predicted molar refractivity (Wildman–Crippen MR) is 131 cm³/mol. The molecule has 1 aromatic carbocycles. The monoisotopic (exact) mass is 534 g/mol. The summed E-state index contributed by atoms with van der Waals surface area (Å²) in [7, 11) is 0. The number of nitrogens with one attached hydrogen (secondary N) is 3. The van der Waals surface area contributed by atoms with Crippen LogP contribution in [-0.4, -0.2) is 57.0 Å². The molecule has 2 aromatic rings. The summed E-state index contributed by atoms with van der Waals surface area (Å²) in [4.78, 5) is 7.94. The van der Waals surface area contributed by atoms with E-state index in [4.69, 9.17) is 21.1 Å². The van der Waals surface area contributed by atoms with Crippen LogP contribution in [0.2, 0.25) is 5.02 Å². The molecule has 0 amide bonds. The van der Waals surface area contributed by atoms with Crippen molar-refractivity contribution in [3.63, 3.8) is 0 Å². The van der Waals surface area contributed by atoms with Gasteiger partial charge in [0.2, 0.25) is 0 Å². The van der Waals surface area contributed by atoms with Crippen LogP contribution in [-0.2, 0) is 15.9 Å². The maximum absolute atomic E-state index is 6.13. The van der Waals surface area contributed by atoms with Crippen molar-refractivity contribution in [2.75, 3.05) is 46.1 Å². The zero-order valence-electron chi connectivity index (χ0n) is 17.0. The number of aromatic amines is 1. The van der Waals surface area contributed by atoms with E-state index in [9.17, 15) is 0 Å². The molecule has 0 bridgehead atoms. The van der Waals surface area contributed by atoms with Crippen LogP contribution in [0.5, 0.6) is 0 Å². The lowest BCUT2D eigenvalue weighted by molar-refractivity contribution is 0.0893. The van der Waals surface area contributed by atoms with E-state index >= 15 is 0 Å². The Kier molecular flexibility index (Phi) is 11.1. The Hall–Kier alpha value is -1.03. The van der Waals surface area contributed by atoms with Crippen LogP contribution in [0.1, 0.15) is 25.3 Å². The number of hydrogen-bond donors (Lipinski definition) is 3. The number of ether oxygens (including phenoxy) is 2. The second-order valence-corrected chi connectivity index (χ2v) is 7.54. The van der Waals surface area contributed by atoms with Gasteiger partial charge >= 0.3 is 0 Å². The number of rotatable bonds is 10. The van der Waals surface area contributed by atoms with Crippen molar-refractivity contribution in [3.05, 3.63) is 35.0 Å². The number of aliphatic imine (C=N–C) groups is 1. The average molecular weight is 535 g/mol. The van der Waals surface area contributed by atoms with E-state index in [1.54, 1.807) is 0 Å². The first-order chi connectivity index (χ1) is 13.8. The lowest BCUT2D eigenvalue weighted by Crippen LogP contribution is -2.38. The molecule has 1 aliphatic heterocycles. The molecular formula is C21H32ClIN4O2. The first-order valence-corrected chi connectivity index (χ1v) is 10.6. The minimum absolute atomic E-state index is 0. The van der Waals surface area contributed by atoms with Crippen LogP contribution in [0.4, 0.5) is 0 Å². The maximum atomic E-state index is 6.13. The highest BCUT2D eigenvalue weighted by Crippen LogP contribution is 2.22. The van der Waals surface area contributed by atoms with Crippen molar-refractivity contribution in [3.8, 4) is 0 Å². The van der Waals surface area contributed by atoms with Gasteiger partial charge in [0.05, 0.1) is 13.2 Å². The fraction of sp³-hybridized carbons (Fsp3) is 0.571. The van der Waals surface area contributed by atoms with Gasteiger partial charge in [-0.05, 0) is 49.9 Å². The lowest BCUT2D eigenvalue weighted by Gasteiger charge is -2.11. The van der Waals surface area contributed by atoms with Crippen LogP contribution in [0.25, 0.3) is 10.9 Å². The molecule has 162 valence electrons. The van der Waals surface area contributed by atoms with Gasteiger partial charge in [0, 0.05) is 60.9 Å². The molecule has 0 spiro atoms. The zero-order chi connectivity index (χ0) is 19.6. The molecule has 0 radical (unpaired) electrons. The summed E-state index contributed by atoms with van der Waals surface area (Å²) >= 11 is 6.13. The van der Waals surface area contributed by atoms with Crippen molar-refractivity contribution in [1.29, 1.82) is 0 Å². The molecule has 8 heteroatoms. The first-order valence-electron chi connectivity index (χ1n) is 10.2. The molecule has 3 rings (SSSR count). The van der Waals surface area contributed by atoms with Gasteiger partial charge in [-0.3, -0.25) is 4.99 Å². The molecule has 2 heterocycles. The van der Waals surface area contributed by atoms with Crippen LogP contribution >= 0.6 is 35.6 Å². The van der Waals surface area contributed by atoms with Crippen molar-refractivity contribution in [2.45, 2.75) is 26.2 Å². The predicted octanol–water partition coefficient (Wildman–Crippen LogP) is 3.98. The summed E-state index contributed by atoms with van der Waals surface area (Å²) in [6.45, 7) is 7.74. The Morgan fingerprint density at radius 1 is 1.38 bits per heavy atom. The highest BCUT2D eigenvalue weighted by molar-refractivity contribution is 14.0. The molecule has 6 nitrogen and oxygen atoms in total. The molecule has 0 saturated carbocycles. The smallest absolute Gasteiger partial charge is 0.191 e. The zero-order valence-corrected chi connectivity index (χ0v) is 20.1. The second kappa shape index (κ2) is 13.3. The number of fused-ring (bicyclic) bond motifs is 1. The van der Waals surface area contributed by atoms with Gasteiger partial charge in [-0.15, -0.1) is 24.0 Å². The summed E-state index contributed by atoms with van der Waals surface area (Å²) in [5.74, 6) is 1.42. The van der Waals surface area contributed by atoms with Crippen molar-refractivity contribution in [1.82, 2.24) is 15.6 Å². The van der Waals surface area contributed by atoms with Crippen molar-refractivity contribution < 1.29 is 9.47 Å². The fourth-order valence-electron chi connectivity index (χ4n) is 3.34. The van der Waals surface area contributed by atoms with Crippen LogP contribution in [0.15, 0.2) is 29.4 Å². The summed E-state index contributed by atoms with van der Waals surface area (Å²) in [5.41, 5.74) is 2.37. The minimum atomic E-state index is 0. The van der Waals surface area contributed by atoms with E-state index in [-0.39, 0.29) is 24.0 Å². The van der Waals surface area contributed by atoms with Crippen LogP contribution < -0.4 is 10.6 Å². The Balaban J connectivity index is 0.00000300. The molecule has 29 heavy (non-hydrogen) atoms. The standard InChI is InChI=1S/C21H31ClN4O2.HI/c1-2-23-21(24-8-3-10-27-14-16-7-11-28-15-16)25-9-6-17-13-26-20-5-4-18(22)12-19(17)20;/h4-5,12-13,16,26H,2-3,6-11,14-15H2,1H3,(H2,23,24,25);1H. The average Bonchev–Trinajstić information content (AvgIpc) is 3.34. The van der Waals surface area contributed by atoms with E-state index in [1.807, 2.05) is 18.2 Å². The topological polar surface area (TPSA) is 70.7 Å². The molecular weight excluding hydrogens is 503 g/mol. The molecule has 3 N–H and O–H groups in total. The maximum Gasteiger partial charge on any atom is 0.191 e. The summed E-state index contributed by atoms with van der Waals surface area (Å²) < 4.78 is 11.1. The van der Waals surface area contributed by atoms with Gasteiger partial charge in [-0.25, -0.2) is 0 Å².